The highest BCUT2D eigenvalue weighted by Crippen LogP contribution is 2.27. The Morgan fingerprint density at radius 3 is 2.76 bits per heavy atom. The Balaban J connectivity index is 2.18. The third-order valence-electron chi connectivity index (χ3n) is 3.50. The predicted octanol–water partition coefficient (Wildman–Crippen LogP) is 2.24. The average Bonchev–Trinajstić information content (AvgIpc) is 2.86. The fraction of sp³-hybridized carbons (Fsp3) is 0.250. The Morgan fingerprint density at radius 2 is 2.05 bits per heavy atom. The molecule has 108 valence electrons. The van der Waals surface area contributed by atoms with E-state index in [1.807, 2.05) is 30.5 Å². The molecule has 3 rings (SSSR count). The van der Waals surface area contributed by atoms with Crippen molar-refractivity contribution in [3.63, 3.8) is 0 Å². The standard InChI is InChI=1S/C16H19N5/c1-20(2)9-10-21-14-7-3-6-13(17)15(14)19-16(21)12-5-4-8-18-11-12/h3-8,11H,9-10,17H2,1-2H3. The van der Waals surface area contributed by atoms with Crippen LogP contribution in [-0.4, -0.2) is 40.1 Å². The number of nitrogen functional groups attached to an aromatic ring is 1. The van der Waals surface area contributed by atoms with Crippen LogP contribution in [0.2, 0.25) is 0 Å². The van der Waals surface area contributed by atoms with Gasteiger partial charge in [0.2, 0.25) is 0 Å². The fourth-order valence-corrected chi connectivity index (χ4v) is 2.41. The number of hydrogen-bond donors (Lipinski definition) is 1. The Bertz CT molecular complexity index is 746. The van der Waals surface area contributed by atoms with E-state index in [2.05, 4.69) is 34.6 Å². The number of benzene rings is 1. The third-order valence-corrected chi connectivity index (χ3v) is 3.50. The minimum atomic E-state index is 0.709. The molecule has 5 heteroatoms. The van der Waals surface area contributed by atoms with E-state index in [1.54, 1.807) is 6.20 Å². The summed E-state index contributed by atoms with van der Waals surface area (Å²) in [5.41, 5.74) is 9.71. The second-order valence-electron chi connectivity index (χ2n) is 5.35. The van der Waals surface area contributed by atoms with Gasteiger partial charge in [0.1, 0.15) is 11.3 Å². The highest BCUT2D eigenvalue weighted by atomic mass is 15.1. The molecule has 0 fully saturated rings. The number of rotatable bonds is 4. The number of likely N-dealkylation sites (N-methyl/N-ethyl adjacent to an activating group) is 1. The van der Waals surface area contributed by atoms with E-state index < -0.39 is 0 Å². The molecule has 0 saturated carbocycles. The normalized spacial score (nSPS) is 11.4. The van der Waals surface area contributed by atoms with Gasteiger partial charge in [-0.25, -0.2) is 4.98 Å². The average molecular weight is 281 g/mol. The Labute approximate surface area is 124 Å². The first-order valence-electron chi connectivity index (χ1n) is 6.96. The van der Waals surface area contributed by atoms with Crippen LogP contribution < -0.4 is 5.73 Å². The number of hydrogen-bond acceptors (Lipinski definition) is 4. The number of imidazole rings is 1. The number of pyridine rings is 1. The number of aromatic nitrogens is 3. The lowest BCUT2D eigenvalue weighted by Gasteiger charge is -2.13. The first kappa shape index (κ1) is 13.6. The van der Waals surface area contributed by atoms with Gasteiger partial charge in [0.05, 0.1) is 11.2 Å². The maximum atomic E-state index is 6.07. The minimum Gasteiger partial charge on any atom is -0.397 e. The van der Waals surface area contributed by atoms with E-state index in [0.717, 1.165) is 35.5 Å². The second-order valence-corrected chi connectivity index (χ2v) is 5.35. The molecule has 2 heterocycles. The molecule has 0 radical (unpaired) electrons. The molecule has 0 aliphatic carbocycles. The van der Waals surface area contributed by atoms with Gasteiger partial charge in [-0.3, -0.25) is 4.98 Å². The van der Waals surface area contributed by atoms with E-state index in [1.165, 1.54) is 0 Å². The number of para-hydroxylation sites is 1. The summed E-state index contributed by atoms with van der Waals surface area (Å²) in [4.78, 5) is 11.1. The molecule has 1 aromatic carbocycles. The number of nitrogens with two attached hydrogens (primary N) is 1. The molecule has 5 nitrogen and oxygen atoms in total. The summed E-state index contributed by atoms with van der Waals surface area (Å²) in [5, 5.41) is 0. The van der Waals surface area contributed by atoms with Crippen molar-refractivity contribution in [1.82, 2.24) is 19.4 Å². The van der Waals surface area contributed by atoms with Crippen LogP contribution in [0.3, 0.4) is 0 Å². The van der Waals surface area contributed by atoms with Crippen LogP contribution in [0.1, 0.15) is 0 Å². The summed E-state index contributed by atoms with van der Waals surface area (Å²) in [6.07, 6.45) is 3.61. The Hall–Kier alpha value is -2.40. The summed E-state index contributed by atoms with van der Waals surface area (Å²) in [7, 11) is 4.13. The first-order chi connectivity index (χ1) is 10.2. The molecule has 0 atom stereocenters. The molecular weight excluding hydrogens is 262 g/mol. The quantitative estimate of drug-likeness (QED) is 0.745. The molecule has 21 heavy (non-hydrogen) atoms. The molecule has 2 aromatic heterocycles. The van der Waals surface area contributed by atoms with Crippen molar-refractivity contribution in [1.29, 1.82) is 0 Å². The fourth-order valence-electron chi connectivity index (χ4n) is 2.41. The van der Waals surface area contributed by atoms with Crippen LogP contribution in [0, 0.1) is 0 Å². The van der Waals surface area contributed by atoms with Gasteiger partial charge in [0, 0.05) is 31.0 Å². The van der Waals surface area contributed by atoms with E-state index in [-0.39, 0.29) is 0 Å². The van der Waals surface area contributed by atoms with Crippen molar-refractivity contribution < 1.29 is 0 Å². The summed E-state index contributed by atoms with van der Waals surface area (Å²) < 4.78 is 2.21. The topological polar surface area (TPSA) is 60.0 Å². The van der Waals surface area contributed by atoms with Gasteiger partial charge in [0.15, 0.2) is 0 Å². The molecule has 0 aliphatic heterocycles. The zero-order chi connectivity index (χ0) is 14.8. The summed E-state index contributed by atoms with van der Waals surface area (Å²) >= 11 is 0. The molecule has 0 bridgehead atoms. The van der Waals surface area contributed by atoms with Crippen molar-refractivity contribution in [3.8, 4) is 11.4 Å². The lowest BCUT2D eigenvalue weighted by molar-refractivity contribution is 0.387. The molecule has 0 spiro atoms. The highest BCUT2D eigenvalue weighted by Gasteiger charge is 2.14. The van der Waals surface area contributed by atoms with E-state index in [9.17, 15) is 0 Å². The van der Waals surface area contributed by atoms with Crippen molar-refractivity contribution >= 4 is 16.7 Å². The lowest BCUT2D eigenvalue weighted by atomic mass is 10.2. The van der Waals surface area contributed by atoms with Gasteiger partial charge in [-0.1, -0.05) is 6.07 Å². The smallest absolute Gasteiger partial charge is 0.142 e. The van der Waals surface area contributed by atoms with Crippen molar-refractivity contribution in [2.75, 3.05) is 26.4 Å². The maximum absolute atomic E-state index is 6.07. The minimum absolute atomic E-state index is 0.709. The van der Waals surface area contributed by atoms with Crippen LogP contribution in [0.5, 0.6) is 0 Å². The number of anilines is 1. The van der Waals surface area contributed by atoms with Gasteiger partial charge in [-0.2, -0.15) is 0 Å². The van der Waals surface area contributed by atoms with Gasteiger partial charge in [0.25, 0.3) is 0 Å². The van der Waals surface area contributed by atoms with Gasteiger partial charge >= 0.3 is 0 Å². The number of fused-ring (bicyclic) bond motifs is 1. The largest absolute Gasteiger partial charge is 0.397 e. The Morgan fingerprint density at radius 1 is 1.19 bits per heavy atom. The van der Waals surface area contributed by atoms with Crippen LogP contribution in [0.15, 0.2) is 42.7 Å². The van der Waals surface area contributed by atoms with Crippen LogP contribution in [0.25, 0.3) is 22.4 Å². The summed E-state index contributed by atoms with van der Waals surface area (Å²) in [6, 6.07) is 9.87. The van der Waals surface area contributed by atoms with Crippen molar-refractivity contribution in [2.45, 2.75) is 6.54 Å². The molecule has 2 N–H and O–H groups in total. The van der Waals surface area contributed by atoms with E-state index in [4.69, 9.17) is 10.7 Å². The summed E-state index contributed by atoms with van der Waals surface area (Å²) in [6.45, 7) is 1.80. The maximum Gasteiger partial charge on any atom is 0.142 e. The molecular formula is C16H19N5. The second kappa shape index (κ2) is 5.54. The van der Waals surface area contributed by atoms with Gasteiger partial charge in [-0.15, -0.1) is 0 Å². The first-order valence-corrected chi connectivity index (χ1v) is 6.96. The SMILES string of the molecule is CN(C)CCn1c(-c2cccnc2)nc2c(N)cccc21. The molecule has 0 amide bonds. The molecule has 3 aromatic rings. The van der Waals surface area contributed by atoms with Crippen LogP contribution in [0.4, 0.5) is 5.69 Å². The molecule has 0 unspecified atom stereocenters. The van der Waals surface area contributed by atoms with Crippen LogP contribution in [-0.2, 0) is 6.54 Å². The summed E-state index contributed by atoms with van der Waals surface area (Å²) in [5.74, 6) is 0.915. The zero-order valence-electron chi connectivity index (χ0n) is 12.3. The molecule has 0 aliphatic rings. The van der Waals surface area contributed by atoms with E-state index >= 15 is 0 Å². The zero-order valence-corrected chi connectivity index (χ0v) is 12.3. The molecule has 0 saturated heterocycles. The van der Waals surface area contributed by atoms with E-state index in [0.29, 0.717) is 5.69 Å². The predicted molar refractivity (Wildman–Crippen MR) is 85.9 cm³/mol. The number of nitrogens with zero attached hydrogens (tertiary/aromatic N) is 4. The van der Waals surface area contributed by atoms with Crippen LogP contribution >= 0.6 is 0 Å². The highest BCUT2D eigenvalue weighted by molar-refractivity contribution is 5.90. The lowest BCUT2D eigenvalue weighted by Crippen LogP contribution is -2.18. The monoisotopic (exact) mass is 281 g/mol. The van der Waals surface area contributed by atoms with Crippen molar-refractivity contribution in [3.05, 3.63) is 42.7 Å². The van der Waals surface area contributed by atoms with Gasteiger partial charge < -0.3 is 15.2 Å². The third kappa shape index (κ3) is 2.60. The Kier molecular flexibility index (Phi) is 3.58. The van der Waals surface area contributed by atoms with Gasteiger partial charge in [-0.05, 0) is 38.4 Å². The van der Waals surface area contributed by atoms with Crippen molar-refractivity contribution in [2.24, 2.45) is 0 Å².